The molecular weight excluding hydrogens is 238 g/mol. The van der Waals surface area contributed by atoms with Crippen LogP contribution in [0.25, 0.3) is 0 Å². The molecule has 0 aromatic heterocycles. The van der Waals surface area contributed by atoms with Crippen molar-refractivity contribution in [2.75, 3.05) is 18.5 Å². The summed E-state index contributed by atoms with van der Waals surface area (Å²) >= 11 is 0. The van der Waals surface area contributed by atoms with E-state index in [9.17, 15) is 0 Å². The average Bonchev–Trinajstić information content (AvgIpc) is 2.42. The van der Waals surface area contributed by atoms with Crippen LogP contribution in [0.1, 0.15) is 40.0 Å². The van der Waals surface area contributed by atoms with Gasteiger partial charge in [0.1, 0.15) is 5.75 Å². The smallest absolute Gasteiger partial charge is 0.119 e. The van der Waals surface area contributed by atoms with E-state index in [0.717, 1.165) is 37.3 Å². The zero-order valence-electron chi connectivity index (χ0n) is 12.2. The summed E-state index contributed by atoms with van der Waals surface area (Å²) in [7, 11) is 0. The largest absolute Gasteiger partial charge is 0.494 e. The van der Waals surface area contributed by atoms with Crippen molar-refractivity contribution in [1.29, 1.82) is 0 Å². The Morgan fingerprint density at radius 2 is 2.05 bits per heavy atom. The molecule has 0 radical (unpaired) electrons. The van der Waals surface area contributed by atoms with Crippen LogP contribution in [0.4, 0.5) is 5.69 Å². The molecule has 1 aliphatic rings. The Hall–Kier alpha value is -1.22. The first-order valence-corrected chi connectivity index (χ1v) is 7.28. The molecule has 1 aromatic carbocycles. The van der Waals surface area contributed by atoms with E-state index in [2.05, 4.69) is 31.3 Å². The number of anilines is 1. The molecule has 1 aliphatic heterocycles. The second-order valence-electron chi connectivity index (χ2n) is 5.44. The van der Waals surface area contributed by atoms with E-state index in [1.807, 2.05) is 19.1 Å². The second kappa shape index (κ2) is 6.29. The molecular formula is C16H25NO2. The predicted octanol–water partition coefficient (Wildman–Crippen LogP) is 3.84. The van der Waals surface area contributed by atoms with E-state index in [-0.39, 0.29) is 5.60 Å². The van der Waals surface area contributed by atoms with Gasteiger partial charge in [0.05, 0.1) is 12.2 Å². The molecule has 0 saturated carbocycles. The van der Waals surface area contributed by atoms with Gasteiger partial charge in [-0.2, -0.15) is 0 Å². The highest BCUT2D eigenvalue weighted by Crippen LogP contribution is 2.29. The number of hydrogen-bond donors (Lipinski definition) is 1. The van der Waals surface area contributed by atoms with Crippen molar-refractivity contribution < 1.29 is 9.47 Å². The minimum Gasteiger partial charge on any atom is -0.494 e. The molecule has 1 aromatic rings. The molecule has 1 saturated heterocycles. The fraction of sp³-hybridized carbons (Fsp3) is 0.625. The third kappa shape index (κ3) is 3.87. The Balaban J connectivity index is 1.93. The van der Waals surface area contributed by atoms with Gasteiger partial charge in [0, 0.05) is 18.3 Å². The Labute approximate surface area is 116 Å². The minimum absolute atomic E-state index is 0.0289. The maximum atomic E-state index is 5.87. The van der Waals surface area contributed by atoms with Crippen molar-refractivity contribution in [2.24, 2.45) is 0 Å². The Kier molecular flexibility index (Phi) is 4.70. The zero-order valence-corrected chi connectivity index (χ0v) is 12.2. The molecule has 2 atom stereocenters. The minimum atomic E-state index is 0.0289. The molecule has 106 valence electrons. The zero-order chi connectivity index (χ0) is 13.7. The third-order valence-corrected chi connectivity index (χ3v) is 3.88. The van der Waals surface area contributed by atoms with E-state index < -0.39 is 0 Å². The maximum Gasteiger partial charge on any atom is 0.119 e. The number of hydrogen-bond acceptors (Lipinski definition) is 3. The Bertz CT molecular complexity index is 390. The quantitative estimate of drug-likeness (QED) is 0.875. The monoisotopic (exact) mass is 263 g/mol. The van der Waals surface area contributed by atoms with E-state index in [1.54, 1.807) is 0 Å². The lowest BCUT2D eigenvalue weighted by molar-refractivity contribution is -0.0708. The molecule has 2 unspecified atom stereocenters. The van der Waals surface area contributed by atoms with E-state index >= 15 is 0 Å². The van der Waals surface area contributed by atoms with Gasteiger partial charge < -0.3 is 14.8 Å². The van der Waals surface area contributed by atoms with Gasteiger partial charge in [-0.1, -0.05) is 6.92 Å². The molecule has 0 amide bonds. The summed E-state index contributed by atoms with van der Waals surface area (Å²) in [5, 5.41) is 3.60. The van der Waals surface area contributed by atoms with Crippen molar-refractivity contribution >= 4 is 5.69 Å². The normalized spacial score (nSPS) is 27.0. The van der Waals surface area contributed by atoms with Crippen LogP contribution in [0.5, 0.6) is 5.75 Å². The van der Waals surface area contributed by atoms with Gasteiger partial charge in [-0.25, -0.2) is 0 Å². The number of ether oxygens (including phenoxy) is 2. The lowest BCUT2D eigenvalue weighted by Crippen LogP contribution is -2.41. The third-order valence-electron chi connectivity index (χ3n) is 3.88. The van der Waals surface area contributed by atoms with E-state index in [1.165, 1.54) is 0 Å². The van der Waals surface area contributed by atoms with Crippen molar-refractivity contribution in [3.8, 4) is 5.75 Å². The van der Waals surface area contributed by atoms with Crippen molar-refractivity contribution in [3.05, 3.63) is 24.3 Å². The predicted molar refractivity (Wildman–Crippen MR) is 78.9 cm³/mol. The molecule has 0 aliphatic carbocycles. The summed E-state index contributed by atoms with van der Waals surface area (Å²) in [6.07, 6.45) is 3.20. The van der Waals surface area contributed by atoms with E-state index in [0.29, 0.717) is 12.6 Å². The topological polar surface area (TPSA) is 30.5 Å². The van der Waals surface area contributed by atoms with Gasteiger partial charge in [-0.05, 0) is 57.4 Å². The van der Waals surface area contributed by atoms with Crippen LogP contribution in [0.15, 0.2) is 24.3 Å². The molecule has 3 heteroatoms. The molecule has 3 nitrogen and oxygen atoms in total. The molecule has 0 spiro atoms. The van der Waals surface area contributed by atoms with Crippen LogP contribution in [0, 0.1) is 0 Å². The lowest BCUT2D eigenvalue weighted by Gasteiger charge is -2.38. The fourth-order valence-electron chi connectivity index (χ4n) is 2.55. The van der Waals surface area contributed by atoms with Crippen molar-refractivity contribution in [1.82, 2.24) is 0 Å². The van der Waals surface area contributed by atoms with Gasteiger partial charge in [-0.15, -0.1) is 0 Å². The SMILES string of the molecule is CCOc1ccc(NC2CCOC(C)(CC)C2)cc1. The summed E-state index contributed by atoms with van der Waals surface area (Å²) in [5.74, 6) is 0.929. The van der Waals surface area contributed by atoms with Crippen LogP contribution in [-0.2, 0) is 4.74 Å². The number of benzene rings is 1. The van der Waals surface area contributed by atoms with Crippen LogP contribution in [-0.4, -0.2) is 24.9 Å². The molecule has 1 N–H and O–H groups in total. The number of nitrogens with one attached hydrogen (secondary N) is 1. The summed E-state index contributed by atoms with van der Waals surface area (Å²) < 4.78 is 11.3. The van der Waals surface area contributed by atoms with E-state index in [4.69, 9.17) is 9.47 Å². The molecule has 0 bridgehead atoms. The number of rotatable bonds is 5. The Morgan fingerprint density at radius 1 is 1.32 bits per heavy atom. The Morgan fingerprint density at radius 3 is 2.68 bits per heavy atom. The standard InChI is InChI=1S/C16H25NO2/c1-4-16(3)12-14(10-11-19-16)17-13-6-8-15(9-7-13)18-5-2/h6-9,14,17H,4-5,10-12H2,1-3H3. The summed E-state index contributed by atoms with van der Waals surface area (Å²) in [6.45, 7) is 7.96. The highest BCUT2D eigenvalue weighted by molar-refractivity contribution is 5.47. The van der Waals surface area contributed by atoms with Gasteiger partial charge in [-0.3, -0.25) is 0 Å². The van der Waals surface area contributed by atoms with Crippen LogP contribution >= 0.6 is 0 Å². The average molecular weight is 263 g/mol. The van der Waals surface area contributed by atoms with Crippen molar-refractivity contribution in [3.63, 3.8) is 0 Å². The maximum absolute atomic E-state index is 5.87. The molecule has 1 fully saturated rings. The first-order valence-electron chi connectivity index (χ1n) is 7.28. The summed E-state index contributed by atoms with van der Waals surface area (Å²) in [5.41, 5.74) is 1.19. The second-order valence-corrected chi connectivity index (χ2v) is 5.44. The summed E-state index contributed by atoms with van der Waals surface area (Å²) in [6, 6.07) is 8.71. The van der Waals surface area contributed by atoms with Gasteiger partial charge >= 0.3 is 0 Å². The molecule has 1 heterocycles. The highest BCUT2D eigenvalue weighted by Gasteiger charge is 2.31. The van der Waals surface area contributed by atoms with Gasteiger partial charge in [0.25, 0.3) is 0 Å². The van der Waals surface area contributed by atoms with Crippen molar-refractivity contribution in [2.45, 2.75) is 51.7 Å². The van der Waals surface area contributed by atoms with Crippen LogP contribution in [0.3, 0.4) is 0 Å². The molecule has 2 rings (SSSR count). The lowest BCUT2D eigenvalue weighted by atomic mass is 9.90. The summed E-state index contributed by atoms with van der Waals surface area (Å²) in [4.78, 5) is 0. The van der Waals surface area contributed by atoms with Gasteiger partial charge in [0.2, 0.25) is 0 Å². The molecule has 19 heavy (non-hydrogen) atoms. The highest BCUT2D eigenvalue weighted by atomic mass is 16.5. The first kappa shape index (κ1) is 14.2. The van der Waals surface area contributed by atoms with Crippen LogP contribution < -0.4 is 10.1 Å². The van der Waals surface area contributed by atoms with Gasteiger partial charge in [0.15, 0.2) is 0 Å². The van der Waals surface area contributed by atoms with Crippen LogP contribution in [0.2, 0.25) is 0 Å². The first-order chi connectivity index (χ1) is 9.15. The fourth-order valence-corrected chi connectivity index (χ4v) is 2.55.